The molecule has 0 fully saturated rings. The zero-order valence-corrected chi connectivity index (χ0v) is 14.0. The standard InChI is InChI=1S/C11H10BrNO4S3/c12-9-3-4-11(19-9)20(16,17)13-7(6-10(14)15)8-2-1-5-18-8/h1-5,7,13H,6H2,(H,14,15). The van der Waals surface area contributed by atoms with Gasteiger partial charge in [0.1, 0.15) is 4.21 Å². The molecular weight excluding hydrogens is 386 g/mol. The van der Waals surface area contributed by atoms with Gasteiger partial charge in [0.25, 0.3) is 10.0 Å². The third-order valence-electron chi connectivity index (χ3n) is 2.38. The fraction of sp³-hybridized carbons (Fsp3) is 0.182. The third kappa shape index (κ3) is 3.89. The zero-order valence-electron chi connectivity index (χ0n) is 9.95. The number of rotatable bonds is 6. The number of hydrogen-bond donors (Lipinski definition) is 2. The maximum absolute atomic E-state index is 12.2. The number of carboxylic acids is 1. The van der Waals surface area contributed by atoms with Gasteiger partial charge in [-0.3, -0.25) is 4.79 Å². The monoisotopic (exact) mass is 395 g/mol. The highest BCUT2D eigenvalue weighted by atomic mass is 79.9. The first kappa shape index (κ1) is 15.6. The lowest BCUT2D eigenvalue weighted by Gasteiger charge is -2.14. The molecule has 0 aliphatic rings. The van der Waals surface area contributed by atoms with Gasteiger partial charge in [0.05, 0.1) is 16.2 Å². The molecule has 2 N–H and O–H groups in total. The minimum atomic E-state index is -3.73. The number of hydrogen-bond acceptors (Lipinski definition) is 5. The molecular formula is C11H10BrNO4S3. The van der Waals surface area contributed by atoms with Gasteiger partial charge in [-0.25, -0.2) is 13.1 Å². The summed E-state index contributed by atoms with van der Waals surface area (Å²) in [5.74, 6) is -1.06. The molecule has 0 radical (unpaired) electrons. The van der Waals surface area contributed by atoms with E-state index in [4.69, 9.17) is 5.11 Å². The van der Waals surface area contributed by atoms with Crippen molar-refractivity contribution in [1.29, 1.82) is 0 Å². The van der Waals surface area contributed by atoms with Crippen molar-refractivity contribution in [2.45, 2.75) is 16.7 Å². The Balaban J connectivity index is 2.25. The van der Waals surface area contributed by atoms with E-state index in [2.05, 4.69) is 20.7 Å². The Bertz CT molecular complexity index is 693. The highest BCUT2D eigenvalue weighted by Crippen LogP contribution is 2.29. The molecule has 0 aliphatic heterocycles. The molecule has 2 aromatic rings. The second-order valence-corrected chi connectivity index (χ2v) is 9.23. The molecule has 1 atom stereocenters. The maximum Gasteiger partial charge on any atom is 0.305 e. The van der Waals surface area contributed by atoms with Crippen LogP contribution in [0.2, 0.25) is 0 Å². The average Bonchev–Trinajstić information content (AvgIpc) is 2.97. The number of sulfonamides is 1. The van der Waals surface area contributed by atoms with Gasteiger partial charge in [0, 0.05) is 4.88 Å². The van der Waals surface area contributed by atoms with E-state index in [9.17, 15) is 13.2 Å². The SMILES string of the molecule is O=C(O)CC(NS(=O)(=O)c1ccc(Br)s1)c1cccs1. The van der Waals surface area contributed by atoms with Crippen LogP contribution in [0.4, 0.5) is 0 Å². The zero-order chi connectivity index (χ0) is 14.8. The highest BCUT2D eigenvalue weighted by molar-refractivity contribution is 9.11. The van der Waals surface area contributed by atoms with Crippen molar-refractivity contribution in [3.8, 4) is 0 Å². The predicted molar refractivity (Wildman–Crippen MR) is 81.7 cm³/mol. The molecule has 0 spiro atoms. The maximum atomic E-state index is 12.2. The highest BCUT2D eigenvalue weighted by Gasteiger charge is 2.25. The summed E-state index contributed by atoms with van der Waals surface area (Å²) >= 11 is 5.60. The van der Waals surface area contributed by atoms with E-state index >= 15 is 0 Å². The van der Waals surface area contributed by atoms with E-state index in [0.717, 1.165) is 11.3 Å². The van der Waals surface area contributed by atoms with Crippen LogP contribution in [-0.4, -0.2) is 19.5 Å². The second kappa shape index (κ2) is 6.35. The van der Waals surface area contributed by atoms with Gasteiger partial charge >= 0.3 is 5.97 Å². The van der Waals surface area contributed by atoms with Crippen molar-refractivity contribution < 1.29 is 18.3 Å². The summed E-state index contributed by atoms with van der Waals surface area (Å²) in [6, 6.07) is 5.81. The Morgan fingerprint density at radius 1 is 1.40 bits per heavy atom. The molecule has 1 unspecified atom stereocenters. The van der Waals surface area contributed by atoms with E-state index in [0.29, 0.717) is 8.66 Å². The largest absolute Gasteiger partial charge is 0.481 e. The van der Waals surface area contributed by atoms with Gasteiger partial charge in [-0.05, 0) is 39.5 Å². The number of carbonyl (C=O) groups is 1. The van der Waals surface area contributed by atoms with Gasteiger partial charge in [0.2, 0.25) is 0 Å². The topological polar surface area (TPSA) is 83.5 Å². The summed E-state index contributed by atoms with van der Waals surface area (Å²) in [5.41, 5.74) is 0. The molecule has 0 amide bonds. The molecule has 0 aliphatic carbocycles. The summed E-state index contributed by atoms with van der Waals surface area (Å²) in [7, 11) is -3.73. The van der Waals surface area contributed by atoms with Crippen molar-refractivity contribution in [3.63, 3.8) is 0 Å². The summed E-state index contributed by atoms with van der Waals surface area (Å²) in [6.45, 7) is 0. The first-order chi connectivity index (χ1) is 9.38. The van der Waals surface area contributed by atoms with Crippen molar-refractivity contribution in [2.75, 3.05) is 0 Å². The van der Waals surface area contributed by atoms with Crippen LogP contribution in [0.25, 0.3) is 0 Å². The number of nitrogens with one attached hydrogen (secondary N) is 1. The molecule has 0 aromatic carbocycles. The molecule has 0 saturated carbocycles. The van der Waals surface area contributed by atoms with Crippen molar-refractivity contribution in [1.82, 2.24) is 4.72 Å². The molecule has 2 rings (SSSR count). The average molecular weight is 396 g/mol. The molecule has 2 aromatic heterocycles. The van der Waals surface area contributed by atoms with Crippen LogP contribution in [0.3, 0.4) is 0 Å². The lowest BCUT2D eigenvalue weighted by molar-refractivity contribution is -0.137. The fourth-order valence-corrected chi connectivity index (χ4v) is 5.65. The number of carboxylic acid groups (broad SMARTS) is 1. The van der Waals surface area contributed by atoms with Crippen molar-refractivity contribution >= 4 is 54.6 Å². The summed E-state index contributed by atoms with van der Waals surface area (Å²) in [4.78, 5) is 11.6. The molecule has 5 nitrogen and oxygen atoms in total. The van der Waals surface area contributed by atoms with Crippen molar-refractivity contribution in [3.05, 3.63) is 38.3 Å². The first-order valence-corrected chi connectivity index (χ1v) is 9.38. The van der Waals surface area contributed by atoms with Crippen LogP contribution in [0.1, 0.15) is 17.3 Å². The lowest BCUT2D eigenvalue weighted by Crippen LogP contribution is -2.29. The van der Waals surface area contributed by atoms with Gasteiger partial charge < -0.3 is 5.11 Å². The molecule has 2 heterocycles. The number of aliphatic carboxylic acids is 1. The summed E-state index contributed by atoms with van der Waals surface area (Å²) < 4.78 is 27.7. The summed E-state index contributed by atoms with van der Waals surface area (Å²) in [5, 5.41) is 10.7. The van der Waals surface area contributed by atoms with Crippen LogP contribution in [0.5, 0.6) is 0 Å². The minimum absolute atomic E-state index is 0.149. The normalized spacial score (nSPS) is 13.2. The van der Waals surface area contributed by atoms with Crippen LogP contribution in [0.15, 0.2) is 37.6 Å². The van der Waals surface area contributed by atoms with E-state index in [-0.39, 0.29) is 10.6 Å². The Morgan fingerprint density at radius 3 is 2.65 bits per heavy atom. The van der Waals surface area contributed by atoms with E-state index in [1.54, 1.807) is 23.6 Å². The molecule has 20 heavy (non-hydrogen) atoms. The Hall–Kier alpha value is -0.740. The van der Waals surface area contributed by atoms with Gasteiger partial charge in [-0.1, -0.05) is 6.07 Å². The molecule has 0 bridgehead atoms. The van der Waals surface area contributed by atoms with Gasteiger partial charge in [0.15, 0.2) is 0 Å². The number of thiophene rings is 2. The smallest absolute Gasteiger partial charge is 0.305 e. The van der Waals surface area contributed by atoms with Crippen molar-refractivity contribution in [2.24, 2.45) is 0 Å². The van der Waals surface area contributed by atoms with E-state index in [1.165, 1.54) is 17.4 Å². The Kier molecular flexibility index (Phi) is 4.97. The van der Waals surface area contributed by atoms with Crippen LogP contribution >= 0.6 is 38.6 Å². The predicted octanol–water partition coefficient (Wildman–Crippen LogP) is 3.07. The summed E-state index contributed by atoms with van der Waals surface area (Å²) in [6.07, 6.45) is -0.299. The lowest BCUT2D eigenvalue weighted by atomic mass is 10.2. The second-order valence-electron chi connectivity index (χ2n) is 3.85. The number of halogens is 1. The molecule has 108 valence electrons. The van der Waals surface area contributed by atoms with Crippen LogP contribution in [-0.2, 0) is 14.8 Å². The minimum Gasteiger partial charge on any atom is -0.481 e. The molecule has 0 saturated heterocycles. The Morgan fingerprint density at radius 2 is 2.15 bits per heavy atom. The Labute approximate surface area is 132 Å². The van der Waals surface area contributed by atoms with Crippen LogP contribution < -0.4 is 4.72 Å². The third-order valence-corrected chi connectivity index (χ3v) is 6.95. The van der Waals surface area contributed by atoms with E-state index < -0.39 is 22.0 Å². The first-order valence-electron chi connectivity index (χ1n) is 5.41. The quantitative estimate of drug-likeness (QED) is 0.786. The van der Waals surface area contributed by atoms with E-state index in [1.807, 2.05) is 0 Å². The molecule has 9 heteroatoms. The van der Waals surface area contributed by atoms with Gasteiger partial charge in [-0.15, -0.1) is 22.7 Å². The van der Waals surface area contributed by atoms with Crippen LogP contribution in [0, 0.1) is 0 Å². The fourth-order valence-electron chi connectivity index (χ4n) is 1.55. The van der Waals surface area contributed by atoms with Gasteiger partial charge in [-0.2, -0.15) is 0 Å².